The van der Waals surface area contributed by atoms with Crippen LogP contribution < -0.4 is 10.1 Å². The third kappa shape index (κ3) is 3.62. The maximum Gasteiger partial charge on any atom is 0.277 e. The third-order valence-electron chi connectivity index (χ3n) is 3.66. The van der Waals surface area contributed by atoms with Gasteiger partial charge in [0.2, 0.25) is 10.0 Å². The average molecular weight is 367 g/mol. The number of hydrogen-bond acceptors (Lipinski definition) is 7. The summed E-state index contributed by atoms with van der Waals surface area (Å²) < 4.78 is 37.5. The molecule has 1 saturated heterocycles. The first-order valence-electron chi connectivity index (χ1n) is 7.45. The number of amides is 1. The van der Waals surface area contributed by atoms with Crippen molar-refractivity contribution in [2.24, 2.45) is 0 Å². The largest absolute Gasteiger partial charge is 0.495 e. The predicted octanol–water partition coefficient (Wildman–Crippen LogP) is 0.0865. The minimum Gasteiger partial charge on any atom is -0.495 e. The van der Waals surface area contributed by atoms with Gasteiger partial charge in [0.15, 0.2) is 5.69 Å². The molecule has 2 aromatic rings. The van der Waals surface area contributed by atoms with Gasteiger partial charge < -0.3 is 14.8 Å². The normalized spacial score (nSPS) is 15.7. The van der Waals surface area contributed by atoms with Crippen LogP contribution >= 0.6 is 0 Å². The van der Waals surface area contributed by atoms with Crippen molar-refractivity contribution >= 4 is 21.6 Å². The van der Waals surface area contributed by atoms with Crippen molar-refractivity contribution in [3.63, 3.8) is 0 Å². The van der Waals surface area contributed by atoms with Gasteiger partial charge in [-0.15, -0.1) is 0 Å². The SMILES string of the molecule is COc1ccc(NC(=O)c2cn[nH]n2)cc1S(=O)(=O)N1CCOCC1. The first-order chi connectivity index (χ1) is 12.0. The number of carbonyl (C=O) groups excluding carboxylic acids is 1. The highest BCUT2D eigenvalue weighted by Crippen LogP contribution is 2.30. The molecule has 10 nitrogen and oxygen atoms in total. The van der Waals surface area contributed by atoms with E-state index in [9.17, 15) is 13.2 Å². The summed E-state index contributed by atoms with van der Waals surface area (Å²) in [7, 11) is -2.38. The number of H-pyrrole nitrogens is 1. The van der Waals surface area contributed by atoms with E-state index >= 15 is 0 Å². The van der Waals surface area contributed by atoms with Gasteiger partial charge >= 0.3 is 0 Å². The first-order valence-corrected chi connectivity index (χ1v) is 8.89. The summed E-state index contributed by atoms with van der Waals surface area (Å²) in [5, 5.41) is 12.2. The van der Waals surface area contributed by atoms with E-state index in [0.717, 1.165) is 0 Å². The number of carbonyl (C=O) groups is 1. The highest BCUT2D eigenvalue weighted by atomic mass is 32.2. The van der Waals surface area contributed by atoms with Crippen molar-refractivity contribution in [2.75, 3.05) is 38.7 Å². The van der Waals surface area contributed by atoms with E-state index in [1.807, 2.05) is 0 Å². The minimum atomic E-state index is -3.77. The van der Waals surface area contributed by atoms with E-state index in [1.165, 1.54) is 29.7 Å². The Bertz CT molecular complexity index is 847. The van der Waals surface area contributed by atoms with Crippen LogP contribution in [0.5, 0.6) is 5.75 Å². The molecule has 0 saturated carbocycles. The summed E-state index contributed by atoms with van der Waals surface area (Å²) in [5.74, 6) is -0.306. The van der Waals surface area contributed by atoms with Crippen molar-refractivity contribution in [3.8, 4) is 5.75 Å². The van der Waals surface area contributed by atoms with Crippen LogP contribution in [-0.4, -0.2) is 67.5 Å². The lowest BCUT2D eigenvalue weighted by Crippen LogP contribution is -2.40. The zero-order valence-electron chi connectivity index (χ0n) is 13.4. The van der Waals surface area contributed by atoms with Crippen molar-refractivity contribution in [2.45, 2.75) is 4.90 Å². The van der Waals surface area contributed by atoms with Crippen LogP contribution in [0, 0.1) is 0 Å². The van der Waals surface area contributed by atoms with Crippen molar-refractivity contribution < 1.29 is 22.7 Å². The molecule has 25 heavy (non-hydrogen) atoms. The number of aromatic nitrogens is 3. The Morgan fingerprint density at radius 3 is 2.76 bits per heavy atom. The number of nitrogens with zero attached hydrogens (tertiary/aromatic N) is 3. The second-order valence-corrected chi connectivity index (χ2v) is 7.10. The molecule has 11 heteroatoms. The summed E-state index contributed by atoms with van der Waals surface area (Å²) in [6.07, 6.45) is 1.27. The lowest BCUT2D eigenvalue weighted by Gasteiger charge is -2.26. The second kappa shape index (κ2) is 7.17. The van der Waals surface area contributed by atoms with E-state index in [-0.39, 0.29) is 29.4 Å². The molecule has 3 rings (SSSR count). The topological polar surface area (TPSA) is 127 Å². The summed E-state index contributed by atoms with van der Waals surface area (Å²) in [4.78, 5) is 12.0. The molecule has 2 heterocycles. The van der Waals surface area contributed by atoms with Crippen LogP contribution in [0.25, 0.3) is 0 Å². The molecular weight excluding hydrogens is 350 g/mol. The van der Waals surface area contributed by atoms with Crippen molar-refractivity contribution in [1.82, 2.24) is 19.7 Å². The molecule has 0 radical (unpaired) electrons. The van der Waals surface area contributed by atoms with Gasteiger partial charge in [-0.05, 0) is 18.2 Å². The van der Waals surface area contributed by atoms with Crippen LogP contribution in [-0.2, 0) is 14.8 Å². The van der Waals surface area contributed by atoms with E-state index in [4.69, 9.17) is 9.47 Å². The van der Waals surface area contributed by atoms with Crippen molar-refractivity contribution in [1.29, 1.82) is 0 Å². The Balaban J connectivity index is 1.91. The third-order valence-corrected chi connectivity index (χ3v) is 5.58. The minimum absolute atomic E-state index is 0.0187. The van der Waals surface area contributed by atoms with Crippen LogP contribution in [0.1, 0.15) is 10.5 Å². The van der Waals surface area contributed by atoms with E-state index in [0.29, 0.717) is 18.9 Å². The summed E-state index contributed by atoms with van der Waals surface area (Å²) in [6, 6.07) is 4.41. The van der Waals surface area contributed by atoms with Gasteiger partial charge in [0.1, 0.15) is 10.6 Å². The van der Waals surface area contributed by atoms with Gasteiger partial charge in [0.05, 0.1) is 26.5 Å². The van der Waals surface area contributed by atoms with E-state index < -0.39 is 15.9 Å². The van der Waals surface area contributed by atoms with Crippen LogP contribution in [0.15, 0.2) is 29.3 Å². The molecule has 0 atom stereocenters. The molecule has 1 aromatic heterocycles. The molecule has 134 valence electrons. The molecule has 1 amide bonds. The fourth-order valence-corrected chi connectivity index (χ4v) is 3.98. The lowest BCUT2D eigenvalue weighted by molar-refractivity contribution is 0.0729. The maximum absolute atomic E-state index is 12.9. The summed E-state index contributed by atoms with van der Waals surface area (Å²) in [6.45, 7) is 1.20. The average Bonchev–Trinajstić information content (AvgIpc) is 3.17. The Hall–Kier alpha value is -2.50. The van der Waals surface area contributed by atoms with E-state index in [1.54, 1.807) is 6.07 Å². The van der Waals surface area contributed by atoms with Crippen LogP contribution in [0.3, 0.4) is 0 Å². The molecule has 1 aliphatic rings. The number of benzene rings is 1. The second-order valence-electron chi connectivity index (χ2n) is 5.19. The fourth-order valence-electron chi connectivity index (χ4n) is 2.39. The Morgan fingerprint density at radius 2 is 2.12 bits per heavy atom. The van der Waals surface area contributed by atoms with Gasteiger partial charge in [0, 0.05) is 18.8 Å². The Morgan fingerprint density at radius 1 is 1.36 bits per heavy atom. The molecule has 1 aliphatic heterocycles. The maximum atomic E-state index is 12.9. The first kappa shape index (κ1) is 17.3. The fraction of sp³-hybridized carbons (Fsp3) is 0.357. The predicted molar refractivity (Wildman–Crippen MR) is 86.9 cm³/mol. The number of morpholine rings is 1. The molecule has 1 fully saturated rings. The molecule has 1 aromatic carbocycles. The lowest BCUT2D eigenvalue weighted by atomic mass is 10.3. The zero-order chi connectivity index (χ0) is 17.9. The number of anilines is 1. The number of rotatable bonds is 5. The zero-order valence-corrected chi connectivity index (χ0v) is 14.2. The van der Waals surface area contributed by atoms with Crippen LogP contribution in [0.4, 0.5) is 5.69 Å². The smallest absolute Gasteiger partial charge is 0.277 e. The molecular formula is C14H17N5O5S. The molecule has 0 unspecified atom stereocenters. The number of hydrogen-bond donors (Lipinski definition) is 2. The highest BCUT2D eigenvalue weighted by Gasteiger charge is 2.29. The monoisotopic (exact) mass is 367 g/mol. The Labute approximate surface area is 144 Å². The highest BCUT2D eigenvalue weighted by molar-refractivity contribution is 7.89. The number of aromatic amines is 1. The summed E-state index contributed by atoms with van der Waals surface area (Å²) >= 11 is 0. The van der Waals surface area contributed by atoms with Gasteiger partial charge in [-0.25, -0.2) is 8.42 Å². The Kier molecular flexibility index (Phi) is 4.97. The number of nitrogens with one attached hydrogen (secondary N) is 2. The van der Waals surface area contributed by atoms with Gasteiger partial charge in [-0.1, -0.05) is 0 Å². The molecule has 0 aliphatic carbocycles. The van der Waals surface area contributed by atoms with Crippen LogP contribution in [0.2, 0.25) is 0 Å². The molecule has 0 spiro atoms. The number of methoxy groups -OCH3 is 1. The van der Waals surface area contributed by atoms with Crippen molar-refractivity contribution in [3.05, 3.63) is 30.1 Å². The van der Waals surface area contributed by atoms with Gasteiger partial charge in [-0.3, -0.25) is 4.79 Å². The van der Waals surface area contributed by atoms with Gasteiger partial charge in [-0.2, -0.15) is 19.7 Å². The standard InChI is InChI=1S/C14H17N5O5S/c1-23-12-3-2-10(16-14(20)11-9-15-18-17-11)8-13(12)25(21,22)19-4-6-24-7-5-19/h2-3,8-9H,4-7H2,1H3,(H,16,20)(H,15,17,18). The quantitative estimate of drug-likeness (QED) is 0.766. The summed E-state index contributed by atoms with van der Waals surface area (Å²) in [5.41, 5.74) is 0.397. The van der Waals surface area contributed by atoms with Gasteiger partial charge in [0.25, 0.3) is 5.91 Å². The molecule has 2 N–H and O–H groups in total. The van der Waals surface area contributed by atoms with E-state index in [2.05, 4.69) is 20.7 Å². The molecule has 0 bridgehead atoms. The number of sulfonamides is 1. The number of ether oxygens (including phenoxy) is 2.